The fourth-order valence-corrected chi connectivity index (χ4v) is 3.58. The summed E-state index contributed by atoms with van der Waals surface area (Å²) in [6.07, 6.45) is 6.16. The first-order chi connectivity index (χ1) is 12.5. The maximum absolute atomic E-state index is 12.6. The van der Waals surface area contributed by atoms with Crippen LogP contribution in [0, 0.1) is 12.8 Å². The van der Waals surface area contributed by atoms with Crippen molar-refractivity contribution >= 4 is 17.5 Å². The van der Waals surface area contributed by atoms with Crippen LogP contribution in [0.4, 0.5) is 5.82 Å². The molecule has 6 heteroatoms. The molecule has 1 amide bonds. The average Bonchev–Trinajstić information content (AvgIpc) is 3.12. The highest BCUT2D eigenvalue weighted by Gasteiger charge is 2.27. The maximum atomic E-state index is 12.6. The topological polar surface area (TPSA) is 90.0 Å². The van der Waals surface area contributed by atoms with Gasteiger partial charge >= 0.3 is 0 Å². The van der Waals surface area contributed by atoms with Gasteiger partial charge in [0.05, 0.1) is 5.69 Å². The zero-order valence-electron chi connectivity index (χ0n) is 15.0. The number of nitrogen functional groups attached to an aromatic ring is 1. The van der Waals surface area contributed by atoms with E-state index < -0.39 is 0 Å². The van der Waals surface area contributed by atoms with Gasteiger partial charge in [-0.25, -0.2) is 4.68 Å². The van der Waals surface area contributed by atoms with Gasteiger partial charge in [0.1, 0.15) is 11.5 Å². The highest BCUT2D eigenvalue weighted by atomic mass is 16.1. The van der Waals surface area contributed by atoms with E-state index in [1.807, 2.05) is 13.0 Å². The van der Waals surface area contributed by atoms with Gasteiger partial charge in [0, 0.05) is 23.6 Å². The molecule has 2 fully saturated rings. The minimum absolute atomic E-state index is 0.0644. The van der Waals surface area contributed by atoms with Crippen molar-refractivity contribution in [2.45, 2.75) is 51.5 Å². The van der Waals surface area contributed by atoms with Gasteiger partial charge in [0.15, 0.2) is 5.78 Å². The molecule has 3 N–H and O–H groups in total. The van der Waals surface area contributed by atoms with Crippen molar-refractivity contribution in [3.63, 3.8) is 0 Å². The van der Waals surface area contributed by atoms with Gasteiger partial charge in [-0.3, -0.25) is 9.59 Å². The van der Waals surface area contributed by atoms with Gasteiger partial charge in [0.25, 0.3) is 5.91 Å². The molecule has 0 aliphatic heterocycles. The van der Waals surface area contributed by atoms with E-state index >= 15 is 0 Å². The minimum Gasteiger partial charge on any atom is -0.384 e. The number of anilines is 1. The Hall–Kier alpha value is -2.63. The van der Waals surface area contributed by atoms with Crippen molar-refractivity contribution < 1.29 is 9.59 Å². The van der Waals surface area contributed by atoms with E-state index in [1.165, 1.54) is 0 Å². The highest BCUT2D eigenvalue weighted by Crippen LogP contribution is 2.29. The smallest absolute Gasteiger partial charge is 0.251 e. The Balaban J connectivity index is 1.64. The molecule has 1 aromatic heterocycles. The molecule has 0 spiro atoms. The largest absolute Gasteiger partial charge is 0.384 e. The number of amides is 1. The van der Waals surface area contributed by atoms with E-state index in [9.17, 15) is 9.59 Å². The molecule has 26 heavy (non-hydrogen) atoms. The van der Waals surface area contributed by atoms with Crippen LogP contribution in [0.15, 0.2) is 24.3 Å². The third-order valence-electron chi connectivity index (χ3n) is 5.33. The standard InChI is InChI=1S/C20H24N4O2/c1-12-6-7-14(20(26)22-15-8-9-15)10-17(12)24-18(21)11-16(23-24)19(25)13-4-2-3-5-13/h6-7,10-11,13,15H,2-5,8-9,21H2,1H3,(H,22,26). The first-order valence-electron chi connectivity index (χ1n) is 9.34. The molecule has 2 saturated carbocycles. The quantitative estimate of drug-likeness (QED) is 0.809. The van der Waals surface area contributed by atoms with Gasteiger partial charge in [-0.15, -0.1) is 0 Å². The van der Waals surface area contributed by atoms with Crippen LogP contribution in [-0.2, 0) is 0 Å². The number of carbonyl (C=O) groups excluding carboxylic acids is 2. The monoisotopic (exact) mass is 352 g/mol. The lowest BCUT2D eigenvalue weighted by Crippen LogP contribution is -2.25. The normalized spacial score (nSPS) is 17.4. The SMILES string of the molecule is Cc1ccc(C(=O)NC2CC2)cc1-n1nc(C(=O)C2CCCC2)cc1N. The van der Waals surface area contributed by atoms with Crippen molar-refractivity contribution in [2.24, 2.45) is 5.92 Å². The predicted molar refractivity (Wildman–Crippen MR) is 99.5 cm³/mol. The number of aryl methyl sites for hydroxylation is 1. The molecule has 1 aromatic carbocycles. The van der Waals surface area contributed by atoms with E-state index in [2.05, 4.69) is 10.4 Å². The second kappa shape index (κ2) is 6.59. The number of hydrogen-bond donors (Lipinski definition) is 2. The number of hydrogen-bond acceptors (Lipinski definition) is 4. The number of nitrogens with two attached hydrogens (primary N) is 1. The average molecular weight is 352 g/mol. The molecule has 6 nitrogen and oxygen atoms in total. The number of carbonyl (C=O) groups is 2. The first-order valence-corrected chi connectivity index (χ1v) is 9.34. The van der Waals surface area contributed by atoms with Gasteiger partial charge in [-0.05, 0) is 50.3 Å². The molecule has 2 aliphatic carbocycles. The van der Waals surface area contributed by atoms with Gasteiger partial charge < -0.3 is 11.1 Å². The summed E-state index contributed by atoms with van der Waals surface area (Å²) in [6, 6.07) is 7.44. The predicted octanol–water partition coefficient (Wildman–Crippen LogP) is 3.03. The second-order valence-electron chi connectivity index (χ2n) is 7.46. The second-order valence-corrected chi connectivity index (χ2v) is 7.46. The number of aromatic nitrogens is 2. The van der Waals surface area contributed by atoms with Crippen molar-refractivity contribution in [2.75, 3.05) is 5.73 Å². The lowest BCUT2D eigenvalue weighted by atomic mass is 10.0. The Morgan fingerprint density at radius 2 is 1.88 bits per heavy atom. The molecule has 0 bridgehead atoms. The molecule has 0 unspecified atom stereocenters. The van der Waals surface area contributed by atoms with Crippen LogP contribution in [0.2, 0.25) is 0 Å². The van der Waals surface area contributed by atoms with Crippen LogP contribution >= 0.6 is 0 Å². The number of ketones is 1. The summed E-state index contributed by atoms with van der Waals surface area (Å²) in [5.41, 5.74) is 8.82. The minimum atomic E-state index is -0.0817. The highest BCUT2D eigenvalue weighted by molar-refractivity contribution is 5.97. The van der Waals surface area contributed by atoms with E-state index in [-0.39, 0.29) is 17.6 Å². The molecule has 0 saturated heterocycles. The lowest BCUT2D eigenvalue weighted by molar-refractivity contribution is 0.0915. The third kappa shape index (κ3) is 3.23. The van der Waals surface area contributed by atoms with Crippen molar-refractivity contribution in [1.82, 2.24) is 15.1 Å². The Bertz CT molecular complexity index is 861. The number of nitrogens with one attached hydrogen (secondary N) is 1. The van der Waals surface area contributed by atoms with Crippen molar-refractivity contribution in [3.8, 4) is 5.69 Å². The van der Waals surface area contributed by atoms with Crippen molar-refractivity contribution in [3.05, 3.63) is 41.1 Å². The van der Waals surface area contributed by atoms with Crippen molar-refractivity contribution in [1.29, 1.82) is 0 Å². The van der Waals surface area contributed by atoms with Crippen LogP contribution < -0.4 is 11.1 Å². The zero-order chi connectivity index (χ0) is 18.3. The molecule has 2 aromatic rings. The van der Waals surface area contributed by atoms with E-state index in [0.29, 0.717) is 23.1 Å². The molecule has 1 heterocycles. The summed E-state index contributed by atoms with van der Waals surface area (Å²) in [5.74, 6) is 0.471. The lowest BCUT2D eigenvalue weighted by Gasteiger charge is -2.11. The van der Waals surface area contributed by atoms with E-state index in [1.54, 1.807) is 22.9 Å². The first kappa shape index (κ1) is 16.8. The summed E-state index contributed by atoms with van der Waals surface area (Å²) >= 11 is 0. The van der Waals surface area contributed by atoms with Crippen LogP contribution in [0.25, 0.3) is 5.69 Å². The third-order valence-corrected chi connectivity index (χ3v) is 5.33. The fourth-order valence-electron chi connectivity index (χ4n) is 3.58. The summed E-state index contributed by atoms with van der Waals surface area (Å²) in [4.78, 5) is 25.0. The van der Waals surface area contributed by atoms with E-state index in [0.717, 1.165) is 49.8 Å². The molecule has 136 valence electrons. The van der Waals surface area contributed by atoms with Gasteiger partial charge in [-0.2, -0.15) is 5.10 Å². The summed E-state index contributed by atoms with van der Waals surface area (Å²) in [6.45, 7) is 1.94. The molecule has 0 atom stereocenters. The Labute approximate surface area is 152 Å². The summed E-state index contributed by atoms with van der Waals surface area (Å²) in [7, 11) is 0. The van der Waals surface area contributed by atoms with Gasteiger partial charge in [0.2, 0.25) is 0 Å². The zero-order valence-corrected chi connectivity index (χ0v) is 15.0. The van der Waals surface area contributed by atoms with Crippen LogP contribution in [0.5, 0.6) is 0 Å². The Morgan fingerprint density at radius 3 is 2.58 bits per heavy atom. The Morgan fingerprint density at radius 1 is 1.15 bits per heavy atom. The molecular formula is C20H24N4O2. The molecule has 0 radical (unpaired) electrons. The number of rotatable bonds is 5. The summed E-state index contributed by atoms with van der Waals surface area (Å²) in [5, 5.41) is 7.46. The molecule has 4 rings (SSSR count). The maximum Gasteiger partial charge on any atom is 0.251 e. The number of nitrogens with zero attached hydrogens (tertiary/aromatic N) is 2. The van der Waals surface area contributed by atoms with Crippen LogP contribution in [0.3, 0.4) is 0 Å². The Kier molecular flexibility index (Phi) is 4.26. The summed E-state index contributed by atoms with van der Waals surface area (Å²) < 4.78 is 1.57. The fraction of sp³-hybridized carbons (Fsp3) is 0.450. The van der Waals surface area contributed by atoms with Gasteiger partial charge in [-0.1, -0.05) is 18.9 Å². The van der Waals surface area contributed by atoms with E-state index in [4.69, 9.17) is 5.73 Å². The molecular weight excluding hydrogens is 328 g/mol. The number of benzene rings is 1. The van der Waals surface area contributed by atoms with Crippen LogP contribution in [0.1, 0.15) is 64.9 Å². The number of Topliss-reactive ketones (excluding diaryl/α,β-unsaturated/α-hetero) is 1. The van der Waals surface area contributed by atoms with Crippen LogP contribution in [-0.4, -0.2) is 27.5 Å². The molecule has 2 aliphatic rings.